The standard InChI is InChI=1S/C13H20N4O/c1-10(2)13(15)11-4-7-17(8-11)9-12(18)16-6-3-5-14/h4,7-8,10,13H,3,6,9,15H2,1-2H3,(H,16,18). The molecule has 1 unspecified atom stereocenters. The van der Waals surface area contributed by atoms with Crippen molar-refractivity contribution in [2.24, 2.45) is 11.7 Å². The van der Waals surface area contributed by atoms with Crippen LogP contribution in [-0.4, -0.2) is 17.0 Å². The third kappa shape index (κ3) is 4.22. The van der Waals surface area contributed by atoms with Crippen LogP contribution in [0.1, 0.15) is 31.9 Å². The number of amides is 1. The molecule has 1 amide bonds. The first-order valence-corrected chi connectivity index (χ1v) is 6.09. The number of carbonyl (C=O) groups is 1. The Morgan fingerprint density at radius 3 is 2.94 bits per heavy atom. The molecule has 0 aliphatic rings. The van der Waals surface area contributed by atoms with E-state index in [1.807, 2.05) is 24.5 Å². The molecule has 0 bridgehead atoms. The molecular formula is C13H20N4O. The molecule has 1 rings (SSSR count). The van der Waals surface area contributed by atoms with Crippen molar-refractivity contribution in [2.45, 2.75) is 32.9 Å². The highest BCUT2D eigenvalue weighted by molar-refractivity contribution is 5.75. The normalized spacial score (nSPS) is 12.2. The highest BCUT2D eigenvalue weighted by atomic mass is 16.1. The molecule has 5 heteroatoms. The third-order valence-corrected chi connectivity index (χ3v) is 2.76. The molecule has 18 heavy (non-hydrogen) atoms. The van der Waals surface area contributed by atoms with Gasteiger partial charge in [0.25, 0.3) is 0 Å². The first-order chi connectivity index (χ1) is 8.54. The molecule has 5 nitrogen and oxygen atoms in total. The maximum atomic E-state index is 11.5. The lowest BCUT2D eigenvalue weighted by molar-refractivity contribution is -0.121. The molecule has 0 aromatic carbocycles. The molecule has 0 fully saturated rings. The van der Waals surface area contributed by atoms with Crippen molar-refractivity contribution in [1.29, 1.82) is 5.26 Å². The molecule has 98 valence electrons. The molecule has 0 aliphatic heterocycles. The van der Waals surface area contributed by atoms with Crippen molar-refractivity contribution in [2.75, 3.05) is 6.54 Å². The zero-order valence-corrected chi connectivity index (χ0v) is 10.9. The summed E-state index contributed by atoms with van der Waals surface area (Å²) in [6.07, 6.45) is 4.08. The quantitative estimate of drug-likeness (QED) is 0.741. The van der Waals surface area contributed by atoms with Gasteiger partial charge in [-0.15, -0.1) is 0 Å². The van der Waals surface area contributed by atoms with Crippen molar-refractivity contribution in [3.63, 3.8) is 0 Å². The predicted octanol–water partition coefficient (Wildman–Crippen LogP) is 1.17. The summed E-state index contributed by atoms with van der Waals surface area (Å²) in [5, 5.41) is 11.0. The second-order valence-electron chi connectivity index (χ2n) is 4.65. The lowest BCUT2D eigenvalue weighted by Crippen LogP contribution is -2.27. The van der Waals surface area contributed by atoms with E-state index < -0.39 is 0 Å². The maximum absolute atomic E-state index is 11.5. The number of aromatic nitrogens is 1. The number of hydrogen-bond acceptors (Lipinski definition) is 3. The minimum absolute atomic E-state index is 0.00657. The van der Waals surface area contributed by atoms with Crippen molar-refractivity contribution in [1.82, 2.24) is 9.88 Å². The van der Waals surface area contributed by atoms with E-state index in [2.05, 4.69) is 19.2 Å². The fourth-order valence-corrected chi connectivity index (χ4v) is 1.62. The van der Waals surface area contributed by atoms with Gasteiger partial charge in [0.2, 0.25) is 5.91 Å². The summed E-state index contributed by atoms with van der Waals surface area (Å²) in [5.41, 5.74) is 7.07. The first kappa shape index (κ1) is 14.3. The van der Waals surface area contributed by atoms with E-state index in [4.69, 9.17) is 11.0 Å². The molecule has 1 aromatic rings. The van der Waals surface area contributed by atoms with Crippen molar-refractivity contribution < 1.29 is 4.79 Å². The topological polar surface area (TPSA) is 83.8 Å². The molecule has 3 N–H and O–H groups in total. The Balaban J connectivity index is 2.49. The van der Waals surface area contributed by atoms with Crippen molar-refractivity contribution in [3.8, 4) is 6.07 Å². The molecule has 1 aromatic heterocycles. The van der Waals surface area contributed by atoms with Crippen LogP contribution < -0.4 is 11.1 Å². The summed E-state index contributed by atoms with van der Waals surface area (Å²) in [6.45, 7) is 4.79. The van der Waals surface area contributed by atoms with Crippen LogP contribution in [-0.2, 0) is 11.3 Å². The Morgan fingerprint density at radius 2 is 2.33 bits per heavy atom. The third-order valence-electron chi connectivity index (χ3n) is 2.76. The minimum Gasteiger partial charge on any atom is -0.354 e. The monoisotopic (exact) mass is 248 g/mol. The summed E-state index contributed by atoms with van der Waals surface area (Å²) >= 11 is 0. The van der Waals surface area contributed by atoms with Gasteiger partial charge in [-0.1, -0.05) is 13.8 Å². The van der Waals surface area contributed by atoms with Crippen LogP contribution in [0.3, 0.4) is 0 Å². The van der Waals surface area contributed by atoms with Gasteiger partial charge in [-0.2, -0.15) is 5.26 Å². The average molecular weight is 248 g/mol. The zero-order valence-electron chi connectivity index (χ0n) is 10.9. The van der Waals surface area contributed by atoms with Crippen LogP contribution in [0.15, 0.2) is 18.5 Å². The van der Waals surface area contributed by atoms with E-state index in [0.717, 1.165) is 5.56 Å². The Kier molecular flexibility index (Phi) is 5.40. The SMILES string of the molecule is CC(C)C(N)c1ccn(CC(=O)NCCC#N)c1. The summed E-state index contributed by atoms with van der Waals surface area (Å²) < 4.78 is 1.80. The molecular weight excluding hydrogens is 228 g/mol. The molecule has 0 spiro atoms. The fourth-order valence-electron chi connectivity index (χ4n) is 1.62. The van der Waals surface area contributed by atoms with Gasteiger partial charge >= 0.3 is 0 Å². The Labute approximate surface area is 108 Å². The van der Waals surface area contributed by atoms with Gasteiger partial charge in [-0.25, -0.2) is 0 Å². The highest BCUT2D eigenvalue weighted by Crippen LogP contribution is 2.18. The van der Waals surface area contributed by atoms with Gasteiger partial charge in [-0.05, 0) is 17.5 Å². The molecule has 1 heterocycles. The fraction of sp³-hybridized carbons (Fsp3) is 0.538. The van der Waals surface area contributed by atoms with Crippen LogP contribution in [0.25, 0.3) is 0 Å². The van der Waals surface area contributed by atoms with Crippen LogP contribution in [0, 0.1) is 17.2 Å². The van der Waals surface area contributed by atoms with E-state index in [-0.39, 0.29) is 18.5 Å². The number of rotatable bonds is 6. The highest BCUT2D eigenvalue weighted by Gasteiger charge is 2.12. The van der Waals surface area contributed by atoms with Crippen LogP contribution in [0.4, 0.5) is 0 Å². The van der Waals surface area contributed by atoms with Crippen molar-refractivity contribution in [3.05, 3.63) is 24.0 Å². The van der Waals surface area contributed by atoms with Gasteiger partial charge in [0.05, 0.1) is 12.5 Å². The lowest BCUT2D eigenvalue weighted by Gasteiger charge is -2.13. The molecule has 0 radical (unpaired) electrons. The second-order valence-corrected chi connectivity index (χ2v) is 4.65. The molecule has 0 saturated heterocycles. The van der Waals surface area contributed by atoms with Crippen LogP contribution >= 0.6 is 0 Å². The summed E-state index contributed by atoms with van der Waals surface area (Å²) in [7, 11) is 0. The van der Waals surface area contributed by atoms with Gasteiger partial charge < -0.3 is 15.6 Å². The van der Waals surface area contributed by atoms with Gasteiger partial charge in [0.15, 0.2) is 0 Å². The summed E-state index contributed by atoms with van der Waals surface area (Å²) in [6, 6.07) is 3.91. The number of nitrogens with one attached hydrogen (secondary N) is 1. The van der Waals surface area contributed by atoms with Gasteiger partial charge in [-0.3, -0.25) is 4.79 Å². The molecule has 0 aliphatic carbocycles. The number of carbonyl (C=O) groups excluding carboxylic acids is 1. The minimum atomic E-state index is -0.0921. The van der Waals surface area contributed by atoms with E-state index in [9.17, 15) is 4.79 Å². The summed E-state index contributed by atoms with van der Waals surface area (Å²) in [5.74, 6) is 0.274. The smallest absolute Gasteiger partial charge is 0.239 e. The first-order valence-electron chi connectivity index (χ1n) is 6.09. The van der Waals surface area contributed by atoms with E-state index in [1.165, 1.54) is 0 Å². The second kappa shape index (κ2) is 6.82. The average Bonchev–Trinajstić information content (AvgIpc) is 2.76. The molecule has 0 saturated carbocycles. The Morgan fingerprint density at radius 1 is 1.61 bits per heavy atom. The maximum Gasteiger partial charge on any atom is 0.239 e. The Hall–Kier alpha value is -1.80. The van der Waals surface area contributed by atoms with Crippen molar-refractivity contribution >= 4 is 5.91 Å². The number of nitriles is 1. The lowest BCUT2D eigenvalue weighted by atomic mass is 10.00. The predicted molar refractivity (Wildman–Crippen MR) is 69.4 cm³/mol. The zero-order chi connectivity index (χ0) is 13.5. The van der Waals surface area contributed by atoms with E-state index in [1.54, 1.807) is 4.57 Å². The Bertz CT molecular complexity index is 430. The van der Waals surface area contributed by atoms with E-state index >= 15 is 0 Å². The molecule has 1 atom stereocenters. The van der Waals surface area contributed by atoms with Crippen LogP contribution in [0.5, 0.6) is 0 Å². The van der Waals surface area contributed by atoms with Gasteiger partial charge in [0.1, 0.15) is 6.54 Å². The number of hydrogen-bond donors (Lipinski definition) is 2. The van der Waals surface area contributed by atoms with Crippen LogP contribution in [0.2, 0.25) is 0 Å². The summed E-state index contributed by atoms with van der Waals surface area (Å²) in [4.78, 5) is 11.5. The number of nitrogens with zero attached hydrogens (tertiary/aromatic N) is 2. The van der Waals surface area contributed by atoms with E-state index in [0.29, 0.717) is 18.9 Å². The largest absolute Gasteiger partial charge is 0.354 e. The number of nitrogens with two attached hydrogens (primary N) is 1. The van der Waals surface area contributed by atoms with Gasteiger partial charge in [0, 0.05) is 25.0 Å².